The minimum Gasteiger partial charge on any atom is -0.465 e. The van der Waals surface area contributed by atoms with E-state index in [1.54, 1.807) is 6.92 Å². The predicted molar refractivity (Wildman–Crippen MR) is 70.7 cm³/mol. The van der Waals surface area contributed by atoms with Crippen LogP contribution in [0.1, 0.15) is 19.8 Å². The summed E-state index contributed by atoms with van der Waals surface area (Å²) in [6.45, 7) is 1.69. The minimum absolute atomic E-state index is 0.00663. The molecule has 1 aromatic rings. The molecule has 112 valence electrons. The van der Waals surface area contributed by atoms with Gasteiger partial charge in [-0.05, 0) is 25.8 Å². The maximum absolute atomic E-state index is 12.4. The number of aliphatic hydroxyl groups excluding tert-OH is 1. The van der Waals surface area contributed by atoms with E-state index < -0.39 is 21.7 Å². The summed E-state index contributed by atoms with van der Waals surface area (Å²) in [6, 6.07) is 1.37. The Bertz CT molecular complexity index is 569. The van der Waals surface area contributed by atoms with Crippen LogP contribution in [-0.4, -0.2) is 44.1 Å². The van der Waals surface area contributed by atoms with Gasteiger partial charge in [-0.15, -0.1) is 0 Å². The van der Waals surface area contributed by atoms with E-state index in [1.807, 2.05) is 0 Å². The van der Waals surface area contributed by atoms with Gasteiger partial charge in [0, 0.05) is 18.8 Å². The van der Waals surface area contributed by atoms with E-state index in [1.165, 1.54) is 25.6 Å². The second-order valence-electron chi connectivity index (χ2n) is 5.10. The molecule has 1 aromatic heterocycles. The molecule has 1 aliphatic rings. The minimum atomic E-state index is -3.74. The van der Waals surface area contributed by atoms with E-state index >= 15 is 0 Å². The van der Waals surface area contributed by atoms with Crippen molar-refractivity contribution in [1.82, 2.24) is 9.71 Å². The lowest BCUT2D eigenvalue weighted by atomic mass is 9.77. The van der Waals surface area contributed by atoms with Crippen molar-refractivity contribution in [3.8, 4) is 5.75 Å². The van der Waals surface area contributed by atoms with E-state index in [2.05, 4.69) is 9.71 Å². The van der Waals surface area contributed by atoms with E-state index in [0.29, 0.717) is 12.8 Å². The van der Waals surface area contributed by atoms with E-state index in [0.717, 1.165) is 0 Å². The molecule has 1 fully saturated rings. The van der Waals surface area contributed by atoms with Crippen LogP contribution in [0.5, 0.6) is 5.75 Å². The summed E-state index contributed by atoms with van der Waals surface area (Å²) in [5.74, 6) is 0.130. The first-order chi connectivity index (χ1) is 9.36. The van der Waals surface area contributed by atoms with Crippen molar-refractivity contribution >= 4 is 10.0 Å². The molecule has 0 bridgehead atoms. The molecule has 0 atom stereocenters. The number of rotatable bonds is 6. The Morgan fingerprint density at radius 2 is 2.25 bits per heavy atom. The molecule has 0 spiro atoms. The lowest BCUT2D eigenvalue weighted by molar-refractivity contribution is 0.0237. The Morgan fingerprint density at radius 1 is 1.55 bits per heavy atom. The fourth-order valence-electron chi connectivity index (χ4n) is 2.26. The zero-order valence-corrected chi connectivity index (χ0v) is 12.2. The fourth-order valence-corrected chi connectivity index (χ4v) is 3.80. The molecular weight excluding hydrogens is 284 g/mol. The normalized spacial score (nSPS) is 26.1. The first-order valence-electron chi connectivity index (χ1n) is 6.14. The first-order valence-corrected chi connectivity index (χ1v) is 7.62. The molecule has 0 saturated heterocycles. The van der Waals surface area contributed by atoms with Crippen molar-refractivity contribution in [2.45, 2.75) is 36.3 Å². The molecule has 2 N–H and O–H groups in total. The number of pyridine rings is 1. The molecule has 8 heteroatoms. The van der Waals surface area contributed by atoms with Gasteiger partial charge in [-0.25, -0.2) is 13.1 Å². The van der Waals surface area contributed by atoms with Gasteiger partial charge in [0.15, 0.2) is 12.5 Å². The van der Waals surface area contributed by atoms with Gasteiger partial charge in [-0.3, -0.25) is 4.98 Å². The fraction of sp³-hybridized carbons (Fsp3) is 0.583. The Kier molecular flexibility index (Phi) is 4.28. The topological polar surface area (TPSA) is 97.8 Å². The van der Waals surface area contributed by atoms with Crippen molar-refractivity contribution in [1.29, 1.82) is 0 Å². The van der Waals surface area contributed by atoms with Gasteiger partial charge >= 0.3 is 0 Å². The van der Waals surface area contributed by atoms with Crippen LogP contribution in [-0.2, 0) is 14.8 Å². The van der Waals surface area contributed by atoms with Crippen molar-refractivity contribution in [2.75, 3.05) is 13.9 Å². The monoisotopic (exact) mass is 302 g/mol. The molecular formula is C12H18N2O5S. The Labute approximate surface area is 118 Å². The third kappa shape index (κ3) is 3.26. The van der Waals surface area contributed by atoms with Crippen LogP contribution in [0, 0.1) is 0 Å². The van der Waals surface area contributed by atoms with Crippen molar-refractivity contribution in [2.24, 2.45) is 0 Å². The van der Waals surface area contributed by atoms with Crippen LogP contribution >= 0.6 is 0 Å². The van der Waals surface area contributed by atoms with Gasteiger partial charge in [0.1, 0.15) is 4.90 Å². The van der Waals surface area contributed by atoms with Gasteiger partial charge in [0.2, 0.25) is 10.0 Å². The van der Waals surface area contributed by atoms with Gasteiger partial charge < -0.3 is 14.6 Å². The second kappa shape index (κ2) is 5.65. The van der Waals surface area contributed by atoms with Gasteiger partial charge in [0.25, 0.3) is 0 Å². The van der Waals surface area contributed by atoms with Crippen molar-refractivity contribution in [3.63, 3.8) is 0 Å². The smallest absolute Gasteiger partial charge is 0.244 e. The molecule has 0 unspecified atom stereocenters. The summed E-state index contributed by atoms with van der Waals surface area (Å²) in [7, 11) is -2.30. The molecule has 0 aromatic carbocycles. The number of hydrogen-bond donors (Lipinski definition) is 2. The highest BCUT2D eigenvalue weighted by Gasteiger charge is 2.42. The van der Waals surface area contributed by atoms with Crippen LogP contribution < -0.4 is 9.46 Å². The number of ether oxygens (including phenoxy) is 2. The SMILES string of the molecule is COCOc1cnccc1S(=O)(=O)NC1(C)CC(O)C1. The average molecular weight is 302 g/mol. The molecule has 20 heavy (non-hydrogen) atoms. The molecule has 1 aliphatic carbocycles. The highest BCUT2D eigenvalue weighted by molar-refractivity contribution is 7.89. The summed E-state index contributed by atoms with van der Waals surface area (Å²) < 4.78 is 37.3. The van der Waals surface area contributed by atoms with Crippen molar-refractivity contribution < 1.29 is 23.0 Å². The van der Waals surface area contributed by atoms with E-state index in [-0.39, 0.29) is 17.4 Å². The number of nitrogens with one attached hydrogen (secondary N) is 1. The van der Waals surface area contributed by atoms with Crippen LogP contribution in [0.3, 0.4) is 0 Å². The first kappa shape index (κ1) is 15.2. The zero-order chi connectivity index (χ0) is 14.8. The Balaban J connectivity index is 2.21. The molecule has 0 radical (unpaired) electrons. The maximum Gasteiger partial charge on any atom is 0.244 e. The van der Waals surface area contributed by atoms with Crippen LogP contribution in [0.15, 0.2) is 23.4 Å². The molecule has 1 heterocycles. The molecule has 2 rings (SSSR count). The van der Waals surface area contributed by atoms with Gasteiger partial charge in [-0.2, -0.15) is 0 Å². The summed E-state index contributed by atoms with van der Waals surface area (Å²) in [4.78, 5) is 3.85. The number of aliphatic hydroxyl groups is 1. The van der Waals surface area contributed by atoms with Crippen LogP contribution in [0.4, 0.5) is 0 Å². The number of hydrogen-bond acceptors (Lipinski definition) is 6. The largest absolute Gasteiger partial charge is 0.465 e. The zero-order valence-electron chi connectivity index (χ0n) is 11.4. The third-order valence-corrected chi connectivity index (χ3v) is 4.80. The number of aromatic nitrogens is 1. The summed E-state index contributed by atoms with van der Waals surface area (Å²) in [6.07, 6.45) is 3.04. The third-order valence-electron chi connectivity index (χ3n) is 3.12. The molecule has 1 saturated carbocycles. The average Bonchev–Trinajstić information content (AvgIpc) is 2.34. The molecule has 0 aliphatic heterocycles. The Hall–Kier alpha value is -1.22. The van der Waals surface area contributed by atoms with Crippen LogP contribution in [0.25, 0.3) is 0 Å². The quantitative estimate of drug-likeness (QED) is 0.731. The van der Waals surface area contributed by atoms with Crippen molar-refractivity contribution in [3.05, 3.63) is 18.5 Å². The lowest BCUT2D eigenvalue weighted by Crippen LogP contribution is -2.57. The summed E-state index contributed by atoms with van der Waals surface area (Å²) in [5, 5.41) is 9.34. The Morgan fingerprint density at radius 3 is 2.85 bits per heavy atom. The number of sulfonamides is 1. The predicted octanol–water partition coefficient (Wildman–Crippen LogP) is 0.256. The summed E-state index contributed by atoms with van der Waals surface area (Å²) >= 11 is 0. The second-order valence-corrected chi connectivity index (χ2v) is 6.75. The number of methoxy groups -OCH3 is 1. The van der Waals surface area contributed by atoms with Gasteiger partial charge in [0.05, 0.1) is 12.3 Å². The highest BCUT2D eigenvalue weighted by atomic mass is 32.2. The maximum atomic E-state index is 12.4. The molecule has 0 amide bonds. The van der Waals surface area contributed by atoms with E-state index in [9.17, 15) is 13.5 Å². The standard InChI is InChI=1S/C12H18N2O5S/c1-12(5-9(15)6-12)14-20(16,17)11-3-4-13-7-10(11)19-8-18-2/h3-4,7,9,14-15H,5-6,8H2,1-2H3. The van der Waals surface area contributed by atoms with E-state index in [4.69, 9.17) is 9.47 Å². The highest BCUT2D eigenvalue weighted by Crippen LogP contribution is 2.34. The summed E-state index contributed by atoms with van der Waals surface area (Å²) in [5.41, 5.74) is -0.625. The van der Waals surface area contributed by atoms with Gasteiger partial charge in [-0.1, -0.05) is 0 Å². The lowest BCUT2D eigenvalue weighted by Gasteiger charge is -2.42. The number of nitrogens with zero attached hydrogens (tertiary/aromatic N) is 1. The van der Waals surface area contributed by atoms with Crippen LogP contribution in [0.2, 0.25) is 0 Å². The molecule has 7 nitrogen and oxygen atoms in total.